The molecule has 0 aliphatic carbocycles. The maximum absolute atomic E-state index is 13.0. The van der Waals surface area contributed by atoms with Crippen molar-refractivity contribution in [3.05, 3.63) is 46.6 Å². The number of fused-ring (bicyclic) bond motifs is 1. The standard InChI is InChI=1S/C12H12FNO/c1-8(2)14-6-5-9-3-4-10(13)7-11(9)12(14)15/h3-8H,1-2H3. The summed E-state index contributed by atoms with van der Waals surface area (Å²) in [5.74, 6) is -0.374. The number of nitrogens with zero attached hydrogens (tertiary/aromatic N) is 1. The first-order valence-electron chi connectivity index (χ1n) is 4.90. The van der Waals surface area contributed by atoms with E-state index in [4.69, 9.17) is 0 Å². The molecule has 0 aliphatic heterocycles. The zero-order chi connectivity index (χ0) is 11.0. The fraction of sp³-hybridized carbons (Fsp3) is 0.250. The van der Waals surface area contributed by atoms with Crippen molar-refractivity contribution in [1.29, 1.82) is 0 Å². The van der Waals surface area contributed by atoms with Crippen molar-refractivity contribution in [3.8, 4) is 0 Å². The highest BCUT2D eigenvalue weighted by molar-refractivity contribution is 5.81. The van der Waals surface area contributed by atoms with Gasteiger partial charge in [-0.3, -0.25) is 4.79 Å². The Morgan fingerprint density at radius 3 is 2.67 bits per heavy atom. The van der Waals surface area contributed by atoms with Crippen LogP contribution in [0.25, 0.3) is 10.8 Å². The second-order valence-electron chi connectivity index (χ2n) is 3.85. The first-order chi connectivity index (χ1) is 7.09. The molecule has 2 nitrogen and oxygen atoms in total. The van der Waals surface area contributed by atoms with Crippen molar-refractivity contribution in [2.45, 2.75) is 19.9 Å². The lowest BCUT2D eigenvalue weighted by Crippen LogP contribution is -2.21. The Bertz CT molecular complexity index is 557. The van der Waals surface area contributed by atoms with Gasteiger partial charge in [0.25, 0.3) is 5.56 Å². The fourth-order valence-corrected chi connectivity index (χ4v) is 1.63. The molecule has 0 fully saturated rings. The largest absolute Gasteiger partial charge is 0.312 e. The van der Waals surface area contributed by atoms with Crippen molar-refractivity contribution < 1.29 is 4.39 Å². The molecule has 1 heterocycles. The van der Waals surface area contributed by atoms with Crippen molar-refractivity contribution in [2.24, 2.45) is 0 Å². The van der Waals surface area contributed by atoms with Crippen molar-refractivity contribution >= 4 is 10.8 Å². The van der Waals surface area contributed by atoms with Gasteiger partial charge in [0.2, 0.25) is 0 Å². The third-order valence-electron chi connectivity index (χ3n) is 2.45. The van der Waals surface area contributed by atoms with Crippen LogP contribution in [0.1, 0.15) is 19.9 Å². The van der Waals surface area contributed by atoms with Crippen LogP contribution in [-0.4, -0.2) is 4.57 Å². The van der Waals surface area contributed by atoms with Crippen LogP contribution >= 0.6 is 0 Å². The summed E-state index contributed by atoms with van der Waals surface area (Å²) in [6.07, 6.45) is 1.74. The average molecular weight is 205 g/mol. The molecule has 0 N–H and O–H groups in total. The molecule has 2 rings (SSSR count). The molecule has 0 atom stereocenters. The number of aromatic nitrogens is 1. The van der Waals surface area contributed by atoms with Crippen LogP contribution in [0.15, 0.2) is 35.3 Å². The summed E-state index contributed by atoms with van der Waals surface area (Å²) in [4.78, 5) is 11.9. The van der Waals surface area contributed by atoms with E-state index in [0.29, 0.717) is 5.39 Å². The van der Waals surface area contributed by atoms with E-state index >= 15 is 0 Å². The maximum Gasteiger partial charge on any atom is 0.258 e. The van der Waals surface area contributed by atoms with Crippen LogP contribution in [-0.2, 0) is 0 Å². The normalized spacial score (nSPS) is 11.2. The molecule has 2 aromatic rings. The monoisotopic (exact) mass is 205 g/mol. The van der Waals surface area contributed by atoms with E-state index in [-0.39, 0.29) is 17.4 Å². The molecule has 78 valence electrons. The average Bonchev–Trinajstić information content (AvgIpc) is 2.19. The molecule has 0 radical (unpaired) electrons. The highest BCUT2D eigenvalue weighted by Gasteiger charge is 2.05. The minimum atomic E-state index is -0.374. The Kier molecular flexibility index (Phi) is 2.31. The van der Waals surface area contributed by atoms with Gasteiger partial charge in [0.05, 0.1) is 5.39 Å². The number of hydrogen-bond acceptors (Lipinski definition) is 1. The van der Waals surface area contributed by atoms with E-state index in [1.165, 1.54) is 12.1 Å². The van der Waals surface area contributed by atoms with Gasteiger partial charge in [0.1, 0.15) is 5.82 Å². The Hall–Kier alpha value is -1.64. The summed E-state index contributed by atoms with van der Waals surface area (Å²) in [5, 5.41) is 1.21. The minimum absolute atomic E-state index is 0.0881. The van der Waals surface area contributed by atoms with Gasteiger partial charge in [-0.25, -0.2) is 4.39 Å². The number of pyridine rings is 1. The fourth-order valence-electron chi connectivity index (χ4n) is 1.63. The first-order valence-corrected chi connectivity index (χ1v) is 4.90. The second kappa shape index (κ2) is 3.50. The first kappa shape index (κ1) is 9.90. The van der Waals surface area contributed by atoms with E-state index in [2.05, 4.69) is 0 Å². The van der Waals surface area contributed by atoms with Crippen LogP contribution in [0.5, 0.6) is 0 Å². The third-order valence-corrected chi connectivity index (χ3v) is 2.45. The number of rotatable bonds is 1. The second-order valence-corrected chi connectivity index (χ2v) is 3.85. The van der Waals surface area contributed by atoms with Crippen molar-refractivity contribution in [2.75, 3.05) is 0 Å². The summed E-state index contributed by atoms with van der Waals surface area (Å²) in [5.41, 5.74) is -0.137. The quantitative estimate of drug-likeness (QED) is 0.701. The third kappa shape index (κ3) is 1.65. The molecule has 1 aromatic carbocycles. The van der Waals surface area contributed by atoms with Gasteiger partial charge < -0.3 is 4.57 Å². The van der Waals surface area contributed by atoms with Gasteiger partial charge in [-0.05, 0) is 37.4 Å². The number of halogens is 1. The summed E-state index contributed by atoms with van der Waals surface area (Å²) in [6.45, 7) is 3.85. The van der Waals surface area contributed by atoms with Crippen LogP contribution in [0.2, 0.25) is 0 Å². The molecule has 0 amide bonds. The van der Waals surface area contributed by atoms with E-state index < -0.39 is 0 Å². The van der Waals surface area contributed by atoms with E-state index in [9.17, 15) is 9.18 Å². The SMILES string of the molecule is CC(C)n1ccc2ccc(F)cc2c1=O. The highest BCUT2D eigenvalue weighted by atomic mass is 19.1. The van der Waals surface area contributed by atoms with Gasteiger partial charge in [-0.2, -0.15) is 0 Å². The molecule has 0 unspecified atom stereocenters. The molecular formula is C12H12FNO. The van der Waals surface area contributed by atoms with Gasteiger partial charge >= 0.3 is 0 Å². The van der Waals surface area contributed by atoms with Crippen molar-refractivity contribution in [3.63, 3.8) is 0 Å². The molecule has 0 saturated heterocycles. The summed E-state index contributed by atoms with van der Waals surface area (Å²) < 4.78 is 14.6. The van der Waals surface area contributed by atoms with Gasteiger partial charge in [0.15, 0.2) is 0 Å². The van der Waals surface area contributed by atoms with Gasteiger partial charge in [0, 0.05) is 12.2 Å². The number of benzene rings is 1. The highest BCUT2D eigenvalue weighted by Crippen LogP contribution is 2.12. The maximum atomic E-state index is 13.0. The van der Waals surface area contributed by atoms with Crippen LogP contribution < -0.4 is 5.56 Å². The lowest BCUT2D eigenvalue weighted by Gasteiger charge is -2.10. The molecule has 0 bridgehead atoms. The minimum Gasteiger partial charge on any atom is -0.312 e. The van der Waals surface area contributed by atoms with Crippen LogP contribution in [0, 0.1) is 5.82 Å². The zero-order valence-electron chi connectivity index (χ0n) is 8.70. The predicted molar refractivity (Wildman–Crippen MR) is 58.6 cm³/mol. The van der Waals surface area contributed by atoms with Crippen molar-refractivity contribution in [1.82, 2.24) is 4.57 Å². The van der Waals surface area contributed by atoms with E-state index in [0.717, 1.165) is 5.39 Å². The van der Waals surface area contributed by atoms with E-state index in [1.54, 1.807) is 16.8 Å². The molecule has 3 heteroatoms. The van der Waals surface area contributed by atoms with Crippen LogP contribution in [0.4, 0.5) is 4.39 Å². The van der Waals surface area contributed by atoms with Crippen LogP contribution in [0.3, 0.4) is 0 Å². The molecule has 0 aliphatic rings. The lowest BCUT2D eigenvalue weighted by molar-refractivity contribution is 0.582. The topological polar surface area (TPSA) is 22.0 Å². The van der Waals surface area contributed by atoms with Gasteiger partial charge in [-0.1, -0.05) is 6.07 Å². The van der Waals surface area contributed by atoms with Gasteiger partial charge in [-0.15, -0.1) is 0 Å². The predicted octanol–water partition coefficient (Wildman–Crippen LogP) is 2.72. The summed E-state index contributed by atoms with van der Waals surface area (Å²) in [7, 11) is 0. The molecule has 0 saturated carbocycles. The number of hydrogen-bond donors (Lipinski definition) is 0. The smallest absolute Gasteiger partial charge is 0.258 e. The Morgan fingerprint density at radius 2 is 2.00 bits per heavy atom. The van der Waals surface area contributed by atoms with E-state index in [1.807, 2.05) is 19.9 Å². The molecule has 15 heavy (non-hydrogen) atoms. The summed E-state index contributed by atoms with van der Waals surface area (Å²) in [6, 6.07) is 6.19. The Morgan fingerprint density at radius 1 is 1.27 bits per heavy atom. The Labute approximate surface area is 87.0 Å². The molecule has 1 aromatic heterocycles. The lowest BCUT2D eigenvalue weighted by atomic mass is 10.1. The zero-order valence-corrected chi connectivity index (χ0v) is 8.70. The Balaban J connectivity index is 2.83. The molecule has 0 spiro atoms. The summed E-state index contributed by atoms with van der Waals surface area (Å²) >= 11 is 0. The molecular weight excluding hydrogens is 193 g/mol.